The minimum absolute atomic E-state index is 0.122. The fourth-order valence-electron chi connectivity index (χ4n) is 1.84. The van der Waals surface area contributed by atoms with Gasteiger partial charge < -0.3 is 5.73 Å². The molecular weight excluding hydrogens is 376 g/mol. The lowest BCUT2D eigenvalue weighted by Gasteiger charge is -2.11. The molecule has 0 spiro atoms. The van der Waals surface area contributed by atoms with Crippen LogP contribution in [0.4, 0.5) is 11.4 Å². The van der Waals surface area contributed by atoms with Crippen molar-refractivity contribution >= 4 is 48.9 Å². The fourth-order valence-corrected chi connectivity index (χ4v) is 3.35. The predicted molar refractivity (Wildman–Crippen MR) is 90.2 cm³/mol. The summed E-state index contributed by atoms with van der Waals surface area (Å²) in [5.74, 6) is 0. The second-order valence-electron chi connectivity index (χ2n) is 4.45. The third-order valence-electron chi connectivity index (χ3n) is 2.98. The monoisotopic (exact) mass is 388 g/mol. The second kappa shape index (κ2) is 6.25. The van der Waals surface area contributed by atoms with Crippen molar-refractivity contribution in [1.29, 1.82) is 0 Å². The van der Waals surface area contributed by atoms with E-state index < -0.39 is 10.0 Å². The molecule has 7 heteroatoms. The highest BCUT2D eigenvalue weighted by Gasteiger charge is 2.16. The van der Waals surface area contributed by atoms with Crippen molar-refractivity contribution in [2.75, 3.05) is 10.5 Å². The minimum atomic E-state index is -3.69. The van der Waals surface area contributed by atoms with Crippen molar-refractivity contribution in [3.05, 3.63) is 51.5 Å². The van der Waals surface area contributed by atoms with Crippen LogP contribution in [0.2, 0.25) is 5.02 Å². The summed E-state index contributed by atoms with van der Waals surface area (Å²) in [5.41, 5.74) is 7.62. The maximum Gasteiger partial charge on any atom is 0.261 e. The lowest BCUT2D eigenvalue weighted by molar-refractivity contribution is 0.601. The van der Waals surface area contributed by atoms with Gasteiger partial charge in [-0.25, -0.2) is 8.42 Å². The summed E-state index contributed by atoms with van der Waals surface area (Å²) in [6.07, 6.45) is 0.752. The minimum Gasteiger partial charge on any atom is -0.398 e. The molecule has 0 saturated heterocycles. The van der Waals surface area contributed by atoms with E-state index in [0.29, 0.717) is 20.9 Å². The molecule has 0 saturated carbocycles. The standard InChI is InChI=1S/C14H14BrClN2O2S/c1-2-9-3-5-11(8-14(9)17)21(19,20)18-10-4-6-12(15)13(16)7-10/h3-8,18H,2,17H2,1H3. The molecule has 0 fully saturated rings. The van der Waals surface area contributed by atoms with Gasteiger partial charge in [0.15, 0.2) is 0 Å². The number of nitrogen functional groups attached to an aromatic ring is 1. The van der Waals surface area contributed by atoms with Gasteiger partial charge in [0.2, 0.25) is 0 Å². The van der Waals surface area contributed by atoms with E-state index in [0.717, 1.165) is 12.0 Å². The van der Waals surface area contributed by atoms with Gasteiger partial charge in [-0.2, -0.15) is 0 Å². The number of nitrogens with two attached hydrogens (primary N) is 1. The molecule has 112 valence electrons. The third-order valence-corrected chi connectivity index (χ3v) is 5.59. The van der Waals surface area contributed by atoms with Crippen LogP contribution in [0.1, 0.15) is 12.5 Å². The van der Waals surface area contributed by atoms with Crippen molar-refractivity contribution in [2.24, 2.45) is 0 Å². The van der Waals surface area contributed by atoms with Crippen LogP contribution < -0.4 is 10.5 Å². The van der Waals surface area contributed by atoms with Crippen LogP contribution in [-0.4, -0.2) is 8.42 Å². The van der Waals surface area contributed by atoms with Gasteiger partial charge in [0, 0.05) is 10.2 Å². The van der Waals surface area contributed by atoms with Gasteiger partial charge in [-0.1, -0.05) is 24.6 Å². The summed E-state index contributed by atoms with van der Waals surface area (Å²) in [4.78, 5) is 0.122. The van der Waals surface area contributed by atoms with E-state index in [1.807, 2.05) is 6.92 Å². The summed E-state index contributed by atoms with van der Waals surface area (Å²) in [5, 5.41) is 0.427. The van der Waals surface area contributed by atoms with Crippen molar-refractivity contribution in [2.45, 2.75) is 18.2 Å². The first-order valence-electron chi connectivity index (χ1n) is 6.19. The molecule has 0 radical (unpaired) electrons. The molecule has 21 heavy (non-hydrogen) atoms. The van der Waals surface area contributed by atoms with Crippen LogP contribution in [0.5, 0.6) is 0 Å². The Morgan fingerprint density at radius 3 is 2.52 bits per heavy atom. The first-order valence-corrected chi connectivity index (χ1v) is 8.85. The van der Waals surface area contributed by atoms with E-state index in [4.69, 9.17) is 17.3 Å². The normalized spacial score (nSPS) is 11.4. The molecule has 2 aromatic rings. The quantitative estimate of drug-likeness (QED) is 0.775. The third kappa shape index (κ3) is 3.70. The first-order chi connectivity index (χ1) is 9.83. The molecule has 3 N–H and O–H groups in total. The number of sulfonamides is 1. The van der Waals surface area contributed by atoms with Crippen LogP contribution in [-0.2, 0) is 16.4 Å². The number of hydrogen-bond donors (Lipinski definition) is 2. The van der Waals surface area contributed by atoms with Crippen molar-refractivity contribution in [1.82, 2.24) is 0 Å². The van der Waals surface area contributed by atoms with E-state index in [2.05, 4.69) is 20.7 Å². The summed E-state index contributed by atoms with van der Waals surface area (Å²) in [6.45, 7) is 1.96. The number of benzene rings is 2. The van der Waals surface area contributed by atoms with E-state index in [1.165, 1.54) is 18.2 Å². The van der Waals surface area contributed by atoms with E-state index >= 15 is 0 Å². The zero-order valence-electron chi connectivity index (χ0n) is 11.2. The number of halogens is 2. The van der Waals surface area contributed by atoms with Crippen LogP contribution in [0.3, 0.4) is 0 Å². The highest BCUT2D eigenvalue weighted by molar-refractivity contribution is 9.10. The average molecular weight is 390 g/mol. The SMILES string of the molecule is CCc1ccc(S(=O)(=O)Nc2ccc(Br)c(Cl)c2)cc1N. The van der Waals surface area contributed by atoms with Crippen molar-refractivity contribution < 1.29 is 8.42 Å². The Hall–Kier alpha value is -1.24. The molecule has 0 atom stereocenters. The Labute approximate surface area is 137 Å². The van der Waals surface area contributed by atoms with Crippen LogP contribution in [0, 0.1) is 0 Å². The average Bonchev–Trinajstić information content (AvgIpc) is 2.42. The van der Waals surface area contributed by atoms with Crippen molar-refractivity contribution in [3.8, 4) is 0 Å². The van der Waals surface area contributed by atoms with Crippen molar-refractivity contribution in [3.63, 3.8) is 0 Å². The van der Waals surface area contributed by atoms with Gasteiger partial charge in [-0.3, -0.25) is 4.72 Å². The van der Waals surface area contributed by atoms with Gasteiger partial charge in [-0.15, -0.1) is 0 Å². The summed E-state index contributed by atoms with van der Waals surface area (Å²) < 4.78 is 27.8. The zero-order valence-corrected chi connectivity index (χ0v) is 14.4. The molecule has 0 aromatic heterocycles. The number of nitrogens with one attached hydrogen (secondary N) is 1. The summed E-state index contributed by atoms with van der Waals surface area (Å²) >= 11 is 9.21. The lowest BCUT2D eigenvalue weighted by atomic mass is 10.1. The van der Waals surface area contributed by atoms with Crippen LogP contribution in [0.15, 0.2) is 45.8 Å². The smallest absolute Gasteiger partial charge is 0.261 e. The predicted octanol–water partition coefficient (Wildman–Crippen LogP) is 4.05. The van der Waals surface area contributed by atoms with Gasteiger partial charge in [0.05, 0.1) is 15.6 Å². The number of aryl methyl sites for hydroxylation is 1. The van der Waals surface area contributed by atoms with E-state index in [1.54, 1.807) is 18.2 Å². The maximum absolute atomic E-state index is 12.3. The zero-order chi connectivity index (χ0) is 15.6. The Morgan fingerprint density at radius 2 is 1.95 bits per heavy atom. The van der Waals surface area contributed by atoms with Gasteiger partial charge in [0.1, 0.15) is 0 Å². The van der Waals surface area contributed by atoms with Gasteiger partial charge in [-0.05, 0) is 58.2 Å². The van der Waals surface area contributed by atoms with Crippen LogP contribution >= 0.6 is 27.5 Å². The number of hydrogen-bond acceptors (Lipinski definition) is 3. The second-order valence-corrected chi connectivity index (χ2v) is 7.39. The fraction of sp³-hybridized carbons (Fsp3) is 0.143. The van der Waals surface area contributed by atoms with Gasteiger partial charge in [0.25, 0.3) is 10.0 Å². The topological polar surface area (TPSA) is 72.2 Å². The molecule has 0 aliphatic carbocycles. The molecule has 0 aliphatic rings. The summed E-state index contributed by atoms with van der Waals surface area (Å²) in [7, 11) is -3.69. The molecular formula is C14H14BrClN2O2S. The highest BCUT2D eigenvalue weighted by atomic mass is 79.9. The highest BCUT2D eigenvalue weighted by Crippen LogP contribution is 2.27. The Morgan fingerprint density at radius 1 is 1.24 bits per heavy atom. The number of anilines is 2. The molecule has 4 nitrogen and oxygen atoms in total. The maximum atomic E-state index is 12.3. The molecule has 0 aliphatic heterocycles. The van der Waals surface area contributed by atoms with Crippen LogP contribution in [0.25, 0.3) is 0 Å². The van der Waals surface area contributed by atoms with E-state index in [-0.39, 0.29) is 4.90 Å². The first kappa shape index (κ1) is 16.1. The molecule has 2 rings (SSSR count). The molecule has 0 heterocycles. The molecule has 0 bridgehead atoms. The summed E-state index contributed by atoms with van der Waals surface area (Å²) in [6, 6.07) is 9.55. The lowest BCUT2D eigenvalue weighted by Crippen LogP contribution is -2.13. The Balaban J connectivity index is 2.33. The van der Waals surface area contributed by atoms with Gasteiger partial charge >= 0.3 is 0 Å². The molecule has 0 unspecified atom stereocenters. The molecule has 2 aromatic carbocycles. The molecule has 0 amide bonds. The Bertz CT molecular complexity index is 779. The Kier molecular flexibility index (Phi) is 4.81. The van der Waals surface area contributed by atoms with E-state index in [9.17, 15) is 8.42 Å². The number of rotatable bonds is 4. The largest absolute Gasteiger partial charge is 0.398 e.